The van der Waals surface area contributed by atoms with Crippen molar-refractivity contribution in [1.82, 2.24) is 9.55 Å². The van der Waals surface area contributed by atoms with Gasteiger partial charge in [-0.1, -0.05) is 0 Å². The number of ether oxygens (including phenoxy) is 2. The quantitative estimate of drug-likeness (QED) is 0.126. The van der Waals surface area contributed by atoms with Gasteiger partial charge in [0, 0.05) is 12.3 Å². The number of phosphoric acid groups is 2. The van der Waals surface area contributed by atoms with Crippen LogP contribution in [0.25, 0.3) is 0 Å². The average molecular weight is 568 g/mol. The molecular formula is C15H23FN2O16P2. The molecule has 206 valence electrons. The number of nitrogens with one attached hydrogen (secondary N) is 1. The molecule has 36 heavy (non-hydrogen) atoms. The summed E-state index contributed by atoms with van der Waals surface area (Å²) in [6, 6.07) is 0.923. The van der Waals surface area contributed by atoms with Crippen molar-refractivity contribution in [3.8, 4) is 0 Å². The van der Waals surface area contributed by atoms with Crippen molar-refractivity contribution in [3.05, 3.63) is 33.1 Å². The third-order valence-corrected chi connectivity index (χ3v) is 7.70. The lowest BCUT2D eigenvalue weighted by atomic mass is 10.1. The highest BCUT2D eigenvalue weighted by molar-refractivity contribution is 7.61. The summed E-state index contributed by atoms with van der Waals surface area (Å²) < 4.78 is 60.4. The van der Waals surface area contributed by atoms with E-state index in [1.54, 1.807) is 0 Å². The van der Waals surface area contributed by atoms with Gasteiger partial charge in [0.05, 0.1) is 6.61 Å². The van der Waals surface area contributed by atoms with Crippen molar-refractivity contribution in [2.45, 2.75) is 55.2 Å². The minimum Gasteiger partial charge on any atom is -0.388 e. The molecular weight excluding hydrogens is 545 g/mol. The Bertz CT molecular complexity index is 1130. The van der Waals surface area contributed by atoms with Gasteiger partial charge in [0.25, 0.3) is 5.56 Å². The zero-order valence-electron chi connectivity index (χ0n) is 17.8. The molecule has 2 aliphatic heterocycles. The Morgan fingerprint density at radius 2 is 1.72 bits per heavy atom. The zero-order valence-corrected chi connectivity index (χ0v) is 19.6. The van der Waals surface area contributed by atoms with Crippen LogP contribution in [0, 0.1) is 0 Å². The molecule has 21 heteroatoms. The van der Waals surface area contributed by atoms with Crippen molar-refractivity contribution in [3.63, 3.8) is 0 Å². The maximum atomic E-state index is 12.6. The van der Waals surface area contributed by atoms with Crippen molar-refractivity contribution >= 4 is 15.6 Å². The molecule has 0 spiro atoms. The summed E-state index contributed by atoms with van der Waals surface area (Å²) in [5.41, 5.74) is -1.75. The van der Waals surface area contributed by atoms with E-state index in [2.05, 4.69) is 13.4 Å². The summed E-state index contributed by atoms with van der Waals surface area (Å²) >= 11 is 0. The Hall–Kier alpha value is -1.41. The van der Waals surface area contributed by atoms with E-state index in [9.17, 15) is 58.4 Å². The van der Waals surface area contributed by atoms with Crippen molar-refractivity contribution in [2.75, 3.05) is 13.3 Å². The molecule has 0 aliphatic carbocycles. The lowest BCUT2D eigenvalue weighted by molar-refractivity contribution is -0.141. The van der Waals surface area contributed by atoms with E-state index in [1.807, 2.05) is 4.98 Å². The molecule has 0 amide bonds. The molecule has 0 saturated carbocycles. The fourth-order valence-electron chi connectivity index (χ4n) is 3.36. The van der Waals surface area contributed by atoms with Crippen LogP contribution in [0.15, 0.2) is 21.9 Å². The molecule has 0 radical (unpaired) electrons. The Morgan fingerprint density at radius 3 is 2.33 bits per heavy atom. The van der Waals surface area contributed by atoms with E-state index in [4.69, 9.17) is 9.47 Å². The second-order valence-corrected chi connectivity index (χ2v) is 10.7. The second-order valence-electron chi connectivity index (χ2n) is 7.66. The van der Waals surface area contributed by atoms with E-state index >= 15 is 0 Å². The second kappa shape index (κ2) is 11.1. The monoisotopic (exact) mass is 568 g/mol. The maximum absolute atomic E-state index is 12.6. The first kappa shape index (κ1) is 29.2. The number of hydrogen-bond donors (Lipinski definition) is 8. The number of phosphoric ester groups is 2. The first-order valence-electron chi connectivity index (χ1n) is 9.94. The van der Waals surface area contributed by atoms with Gasteiger partial charge in [-0.15, -0.1) is 0 Å². The Balaban J connectivity index is 1.60. The van der Waals surface area contributed by atoms with Crippen LogP contribution in [0.4, 0.5) is 4.39 Å². The molecule has 3 heterocycles. The molecule has 18 nitrogen and oxygen atoms in total. The number of hydrogen-bond acceptors (Lipinski definition) is 14. The Labute approximate surface area is 199 Å². The first-order chi connectivity index (χ1) is 16.7. The van der Waals surface area contributed by atoms with Crippen LogP contribution in [0.1, 0.15) is 6.23 Å². The third-order valence-electron chi connectivity index (χ3n) is 5.10. The van der Waals surface area contributed by atoms with Gasteiger partial charge in [0.15, 0.2) is 12.5 Å². The van der Waals surface area contributed by atoms with Crippen LogP contribution in [0.2, 0.25) is 0 Å². The lowest BCUT2D eigenvalue weighted by Crippen LogP contribution is -2.39. The van der Waals surface area contributed by atoms with E-state index in [0.29, 0.717) is 4.57 Å². The highest BCUT2D eigenvalue weighted by Gasteiger charge is 2.51. The number of H-pyrrole nitrogens is 1. The van der Waals surface area contributed by atoms with Gasteiger partial charge in [0.1, 0.15) is 49.4 Å². The normalized spacial score (nSPS) is 36.9. The van der Waals surface area contributed by atoms with Crippen LogP contribution in [-0.4, -0.2) is 107 Å². The molecule has 1 aromatic heterocycles. The molecule has 3 rings (SSSR count). The summed E-state index contributed by atoms with van der Waals surface area (Å²) in [6.07, 6.45) is -15.7. The number of aromatic amines is 1. The fraction of sp³-hybridized carbons (Fsp3) is 0.733. The average Bonchev–Trinajstić information content (AvgIpc) is 3.21. The maximum Gasteiger partial charge on any atom is 0.483 e. The number of rotatable bonds is 10. The van der Waals surface area contributed by atoms with Gasteiger partial charge in [-0.2, -0.15) is 4.31 Å². The predicted molar refractivity (Wildman–Crippen MR) is 108 cm³/mol. The molecule has 2 unspecified atom stereocenters. The van der Waals surface area contributed by atoms with Crippen LogP contribution in [0.5, 0.6) is 0 Å². The fourth-order valence-corrected chi connectivity index (χ4v) is 5.52. The van der Waals surface area contributed by atoms with Gasteiger partial charge in [-0.05, 0) is 0 Å². The topological polar surface area (TPSA) is 277 Å². The van der Waals surface area contributed by atoms with Gasteiger partial charge in [-0.3, -0.25) is 23.4 Å². The van der Waals surface area contributed by atoms with Gasteiger partial charge < -0.3 is 44.8 Å². The van der Waals surface area contributed by atoms with Gasteiger partial charge in [-0.25, -0.2) is 18.3 Å². The number of aliphatic hydroxyl groups excluding tert-OH is 5. The summed E-state index contributed by atoms with van der Waals surface area (Å²) in [7, 11) is -11.1. The van der Waals surface area contributed by atoms with Gasteiger partial charge >= 0.3 is 21.3 Å². The molecule has 2 aliphatic rings. The minimum atomic E-state index is -5.59. The number of alkyl halides is 1. The highest BCUT2D eigenvalue weighted by Crippen LogP contribution is 2.61. The number of aromatic nitrogens is 2. The third kappa shape index (κ3) is 6.53. The van der Waals surface area contributed by atoms with E-state index in [-0.39, 0.29) is 0 Å². The molecule has 2 fully saturated rings. The number of aliphatic hydroxyl groups is 5. The number of nitrogens with zero attached hydrogens (tertiary/aromatic N) is 1. The summed E-state index contributed by atoms with van der Waals surface area (Å²) in [4.78, 5) is 44.4. The molecule has 1 aromatic rings. The van der Waals surface area contributed by atoms with Crippen LogP contribution < -0.4 is 11.2 Å². The van der Waals surface area contributed by atoms with E-state index < -0.39 is 95.4 Å². The molecule has 2 saturated heterocycles. The predicted octanol–water partition coefficient (Wildman–Crippen LogP) is -3.82. The van der Waals surface area contributed by atoms with E-state index in [1.165, 1.54) is 0 Å². The van der Waals surface area contributed by atoms with Crippen LogP contribution >= 0.6 is 15.6 Å². The van der Waals surface area contributed by atoms with Crippen molar-refractivity contribution in [1.29, 1.82) is 0 Å². The van der Waals surface area contributed by atoms with Gasteiger partial charge in [0.2, 0.25) is 0 Å². The Morgan fingerprint density at radius 1 is 1.06 bits per heavy atom. The molecule has 11 atom stereocenters. The van der Waals surface area contributed by atoms with Crippen LogP contribution in [-0.2, 0) is 32.0 Å². The SMILES string of the molecule is O=c1ccn([C@@H]2O[C@H](COP(=O)(O)OP(=O)(O)O[C@H]3O[C@@H]([C@@H](O)CF)[C@H](O)[C@H]3O)[C@@H](O)[C@H]2O)c(=O)[nH]1. The summed E-state index contributed by atoms with van der Waals surface area (Å²) in [5, 5.41) is 49.1. The standard InChI is InChI=1S/C15H23FN2O16P2/c16-3-5(19)12-9(22)11(24)14(32-12)33-36(28,29)34-35(26,27)30-4-6-8(21)10(23)13(31-6)18-2-1-7(20)17-15(18)25/h1-2,5-6,8-14,19,21-24H,3-4H2,(H,26,27)(H,28,29)(H,17,20,25)/t5-,6+,8+,9+,10+,11+,12-,13+,14+/m0/s1. The Kier molecular flexibility index (Phi) is 9.02. The largest absolute Gasteiger partial charge is 0.483 e. The zero-order chi connectivity index (χ0) is 27.0. The molecule has 0 bridgehead atoms. The first-order valence-corrected chi connectivity index (χ1v) is 12.9. The minimum absolute atomic E-state index is 0.717. The number of halogens is 1. The van der Waals surface area contributed by atoms with Crippen molar-refractivity contribution < 1.29 is 71.7 Å². The smallest absolute Gasteiger partial charge is 0.388 e. The molecule has 8 N–H and O–H groups in total. The van der Waals surface area contributed by atoms with Crippen LogP contribution in [0.3, 0.4) is 0 Å². The highest BCUT2D eigenvalue weighted by atomic mass is 31.3. The van der Waals surface area contributed by atoms with E-state index in [0.717, 1.165) is 12.3 Å². The molecule has 0 aromatic carbocycles. The summed E-state index contributed by atoms with van der Waals surface area (Å²) in [6.45, 7) is -2.44. The van der Waals surface area contributed by atoms with Crippen molar-refractivity contribution in [2.24, 2.45) is 0 Å². The lowest BCUT2D eigenvalue weighted by Gasteiger charge is -2.22. The summed E-state index contributed by atoms with van der Waals surface area (Å²) in [5.74, 6) is 0.